The topological polar surface area (TPSA) is 82.3 Å². The third kappa shape index (κ3) is 4.75. The molecule has 0 spiro atoms. The Bertz CT molecular complexity index is 984. The van der Waals surface area contributed by atoms with Crippen LogP contribution in [0.1, 0.15) is 18.7 Å². The number of dihydropyridines is 1. The maximum Gasteiger partial charge on any atom is 0.257 e. The highest BCUT2D eigenvalue weighted by Crippen LogP contribution is 2.29. The minimum Gasteiger partial charge on any atom is -0.362 e. The minimum atomic E-state index is -0.221. The van der Waals surface area contributed by atoms with Crippen LogP contribution in [0.3, 0.4) is 0 Å². The average molecular weight is 428 g/mol. The molecule has 1 fully saturated rings. The predicted octanol–water partition coefficient (Wildman–Crippen LogP) is 3.46. The predicted molar refractivity (Wildman–Crippen MR) is 118 cm³/mol. The highest BCUT2D eigenvalue weighted by atomic mass is 35.5. The zero-order chi connectivity index (χ0) is 21.1. The van der Waals surface area contributed by atoms with Gasteiger partial charge in [-0.3, -0.25) is 4.79 Å². The van der Waals surface area contributed by atoms with Gasteiger partial charge in [-0.05, 0) is 63.7 Å². The minimum absolute atomic E-state index is 0.207. The molecule has 3 N–H and O–H groups in total. The molecule has 158 valence electrons. The van der Waals surface area contributed by atoms with Gasteiger partial charge in [0.2, 0.25) is 0 Å². The van der Waals surface area contributed by atoms with Crippen molar-refractivity contribution >= 4 is 23.2 Å². The molecule has 2 aliphatic heterocycles. The standard InChI is InChI=1S/C22H26ClN5O2/c1-14-24-12-20(26-14)18-10-16(6-7-19(18)23)27-22(29)15-5-8-21(25-11-15)30-13-17-4-3-9-28(17)2/h5-8,10-12,17,21,25H,3-4,9,13H2,1-2H3,(H,24,26)(H,27,29)/t17-,21?/m0/s1. The van der Waals surface area contributed by atoms with E-state index in [9.17, 15) is 4.79 Å². The quantitative estimate of drug-likeness (QED) is 0.657. The summed E-state index contributed by atoms with van der Waals surface area (Å²) in [4.78, 5) is 22.3. The number of ether oxygens (including phenoxy) is 1. The molecule has 4 rings (SSSR count). The fourth-order valence-electron chi connectivity index (χ4n) is 3.69. The number of likely N-dealkylation sites (tertiary alicyclic amines) is 1. The first-order chi connectivity index (χ1) is 14.5. The summed E-state index contributed by atoms with van der Waals surface area (Å²) < 4.78 is 5.92. The number of nitrogens with zero attached hydrogens (tertiary/aromatic N) is 2. The van der Waals surface area contributed by atoms with Crippen LogP contribution in [0.15, 0.2) is 48.3 Å². The van der Waals surface area contributed by atoms with Crippen molar-refractivity contribution in [1.82, 2.24) is 20.2 Å². The van der Waals surface area contributed by atoms with E-state index >= 15 is 0 Å². The van der Waals surface area contributed by atoms with Crippen LogP contribution in [0.25, 0.3) is 11.3 Å². The van der Waals surface area contributed by atoms with Gasteiger partial charge in [-0.1, -0.05) is 11.6 Å². The number of halogens is 1. The van der Waals surface area contributed by atoms with Crippen LogP contribution in [0, 0.1) is 6.92 Å². The van der Waals surface area contributed by atoms with Gasteiger partial charge in [0.15, 0.2) is 0 Å². The molecule has 1 amide bonds. The van der Waals surface area contributed by atoms with Crippen LogP contribution in [-0.2, 0) is 9.53 Å². The summed E-state index contributed by atoms with van der Waals surface area (Å²) >= 11 is 6.32. The van der Waals surface area contributed by atoms with E-state index in [4.69, 9.17) is 16.3 Å². The zero-order valence-corrected chi connectivity index (χ0v) is 17.9. The van der Waals surface area contributed by atoms with E-state index in [-0.39, 0.29) is 12.1 Å². The van der Waals surface area contributed by atoms with E-state index in [1.54, 1.807) is 30.6 Å². The zero-order valence-electron chi connectivity index (χ0n) is 17.1. The smallest absolute Gasteiger partial charge is 0.257 e. The number of carbonyl (C=O) groups excluding carboxylic acids is 1. The van der Waals surface area contributed by atoms with Crippen molar-refractivity contribution in [1.29, 1.82) is 0 Å². The van der Waals surface area contributed by atoms with E-state index in [0.29, 0.717) is 28.9 Å². The second-order valence-electron chi connectivity index (χ2n) is 7.69. The number of aromatic amines is 1. The lowest BCUT2D eigenvalue weighted by Gasteiger charge is -2.24. The molecule has 0 bridgehead atoms. The largest absolute Gasteiger partial charge is 0.362 e. The number of hydrogen-bond donors (Lipinski definition) is 3. The van der Waals surface area contributed by atoms with Crippen molar-refractivity contribution in [3.05, 3.63) is 59.2 Å². The Balaban J connectivity index is 1.34. The first kappa shape index (κ1) is 20.7. The highest BCUT2D eigenvalue weighted by Gasteiger charge is 2.22. The van der Waals surface area contributed by atoms with Crippen molar-refractivity contribution in [2.45, 2.75) is 32.0 Å². The van der Waals surface area contributed by atoms with E-state index in [1.165, 1.54) is 6.42 Å². The molecule has 2 aliphatic rings. The number of nitrogens with one attached hydrogen (secondary N) is 3. The Morgan fingerprint density at radius 2 is 2.30 bits per heavy atom. The van der Waals surface area contributed by atoms with E-state index in [0.717, 1.165) is 30.0 Å². The number of H-pyrrole nitrogens is 1. The summed E-state index contributed by atoms with van der Waals surface area (Å²) in [5.41, 5.74) is 2.77. The number of benzene rings is 1. The third-order valence-corrected chi connectivity index (χ3v) is 5.80. The molecule has 2 atom stereocenters. The molecule has 0 aliphatic carbocycles. The number of likely N-dealkylation sites (N-methyl/N-ethyl adjacent to an activating group) is 1. The van der Waals surface area contributed by atoms with Gasteiger partial charge in [0, 0.05) is 23.5 Å². The number of imidazole rings is 1. The van der Waals surface area contributed by atoms with Crippen LogP contribution >= 0.6 is 11.6 Å². The second-order valence-corrected chi connectivity index (χ2v) is 8.09. The van der Waals surface area contributed by atoms with E-state index in [1.807, 2.05) is 19.1 Å². The molecule has 1 saturated heterocycles. The number of hydrogen-bond acceptors (Lipinski definition) is 5. The molecule has 30 heavy (non-hydrogen) atoms. The van der Waals surface area contributed by atoms with Gasteiger partial charge in [-0.15, -0.1) is 0 Å². The van der Waals surface area contributed by atoms with E-state index < -0.39 is 0 Å². The Morgan fingerprint density at radius 1 is 1.43 bits per heavy atom. The van der Waals surface area contributed by atoms with Gasteiger partial charge in [0.05, 0.1) is 29.1 Å². The maximum atomic E-state index is 12.6. The van der Waals surface area contributed by atoms with Gasteiger partial charge < -0.3 is 25.3 Å². The van der Waals surface area contributed by atoms with Crippen molar-refractivity contribution in [2.75, 3.05) is 25.5 Å². The molecule has 1 aromatic carbocycles. The first-order valence-electron chi connectivity index (χ1n) is 10.1. The van der Waals surface area contributed by atoms with Gasteiger partial charge in [0.25, 0.3) is 5.91 Å². The van der Waals surface area contributed by atoms with Crippen molar-refractivity contribution in [3.8, 4) is 11.3 Å². The first-order valence-corrected chi connectivity index (χ1v) is 10.5. The molecule has 0 saturated carbocycles. The summed E-state index contributed by atoms with van der Waals surface area (Å²) in [7, 11) is 2.13. The molecule has 0 radical (unpaired) electrons. The average Bonchev–Trinajstić information content (AvgIpc) is 3.36. The fraction of sp³-hybridized carbons (Fsp3) is 0.364. The van der Waals surface area contributed by atoms with Gasteiger partial charge >= 0.3 is 0 Å². The molecular formula is C22H26ClN5O2. The van der Waals surface area contributed by atoms with Gasteiger partial charge in [-0.25, -0.2) is 4.98 Å². The molecular weight excluding hydrogens is 402 g/mol. The summed E-state index contributed by atoms with van der Waals surface area (Å²) in [6.07, 6.45) is 9.22. The van der Waals surface area contributed by atoms with Gasteiger partial charge in [-0.2, -0.15) is 0 Å². The molecule has 1 aromatic heterocycles. The number of anilines is 1. The maximum absolute atomic E-state index is 12.6. The summed E-state index contributed by atoms with van der Waals surface area (Å²) in [6.45, 7) is 3.67. The van der Waals surface area contributed by atoms with Crippen LogP contribution in [0.4, 0.5) is 5.69 Å². The summed E-state index contributed by atoms with van der Waals surface area (Å²) in [5, 5.41) is 6.64. The lowest BCUT2D eigenvalue weighted by molar-refractivity contribution is -0.112. The Kier molecular flexibility index (Phi) is 6.22. The summed E-state index contributed by atoms with van der Waals surface area (Å²) in [5.74, 6) is 0.595. The molecule has 2 aromatic rings. The third-order valence-electron chi connectivity index (χ3n) is 5.47. The van der Waals surface area contributed by atoms with Crippen molar-refractivity contribution in [2.24, 2.45) is 0 Å². The van der Waals surface area contributed by atoms with Gasteiger partial charge in [0.1, 0.15) is 12.1 Å². The number of aromatic nitrogens is 2. The Hall–Kier alpha value is -2.61. The monoisotopic (exact) mass is 427 g/mol. The SMILES string of the molecule is Cc1ncc(-c2cc(NC(=O)C3=CNC(OC[C@@H]4CCCN4C)C=C3)ccc2Cl)[nH]1. The number of carbonyl (C=O) groups is 1. The lowest BCUT2D eigenvalue weighted by atomic mass is 10.1. The number of amides is 1. The van der Waals surface area contributed by atoms with E-state index in [2.05, 4.69) is 32.5 Å². The second kappa shape index (κ2) is 9.04. The molecule has 8 heteroatoms. The van der Waals surface area contributed by atoms with Crippen molar-refractivity contribution in [3.63, 3.8) is 0 Å². The Morgan fingerprint density at radius 3 is 2.97 bits per heavy atom. The molecule has 3 heterocycles. The fourth-order valence-corrected chi connectivity index (χ4v) is 3.91. The number of rotatable bonds is 6. The molecule has 1 unspecified atom stereocenters. The Labute approximate surface area is 181 Å². The van der Waals surface area contributed by atoms with Crippen molar-refractivity contribution < 1.29 is 9.53 Å². The highest BCUT2D eigenvalue weighted by molar-refractivity contribution is 6.33. The van der Waals surface area contributed by atoms with Crippen LogP contribution < -0.4 is 10.6 Å². The van der Waals surface area contributed by atoms with Crippen LogP contribution in [0.5, 0.6) is 0 Å². The normalized spacial score (nSPS) is 21.4. The lowest BCUT2D eigenvalue weighted by Crippen LogP contribution is -2.36. The van der Waals surface area contributed by atoms with Crippen LogP contribution in [0.2, 0.25) is 5.02 Å². The van der Waals surface area contributed by atoms with Crippen LogP contribution in [-0.4, -0.2) is 53.2 Å². The number of aryl methyl sites for hydroxylation is 1. The molecule has 7 nitrogen and oxygen atoms in total. The summed E-state index contributed by atoms with van der Waals surface area (Å²) in [6, 6.07) is 5.83.